The van der Waals surface area contributed by atoms with Gasteiger partial charge in [-0.2, -0.15) is 0 Å². The highest BCUT2D eigenvalue weighted by Crippen LogP contribution is 2.46. The Morgan fingerprint density at radius 3 is 3.25 bits per heavy atom. The molecule has 1 aromatic carbocycles. The van der Waals surface area contributed by atoms with Crippen LogP contribution in [0.5, 0.6) is 0 Å². The smallest absolute Gasteiger partial charge is 0.103 e. The van der Waals surface area contributed by atoms with Gasteiger partial charge in [0, 0.05) is 16.2 Å². The van der Waals surface area contributed by atoms with E-state index in [2.05, 4.69) is 24.3 Å². The molecule has 2 bridgehead atoms. The second-order valence-corrected chi connectivity index (χ2v) is 5.66. The van der Waals surface area contributed by atoms with Crippen LogP contribution < -0.4 is 0 Å². The van der Waals surface area contributed by atoms with Crippen LogP contribution in [0, 0.1) is 0 Å². The number of hydrogen-bond donors (Lipinski definition) is 0. The summed E-state index contributed by atoms with van der Waals surface area (Å²) in [6.07, 6.45) is 1.44. The Hall–Kier alpha value is -1.06. The van der Waals surface area contributed by atoms with Crippen LogP contribution in [0.15, 0.2) is 35.4 Å². The molecule has 3 heterocycles. The van der Waals surface area contributed by atoms with Crippen LogP contribution in [0.1, 0.15) is 18.1 Å². The quantitative estimate of drug-likeness (QED) is 0.692. The van der Waals surface area contributed by atoms with Gasteiger partial charge in [0.2, 0.25) is 0 Å². The maximum Gasteiger partial charge on any atom is 0.103 e. The molecule has 3 heteroatoms. The molecule has 1 aromatic heterocycles. The number of pyridine rings is 1. The van der Waals surface area contributed by atoms with Crippen LogP contribution in [0.4, 0.5) is 0 Å². The minimum atomic E-state index is 0.290. The summed E-state index contributed by atoms with van der Waals surface area (Å²) in [5, 5.41) is 3.01. The van der Waals surface area contributed by atoms with E-state index in [1.807, 2.05) is 17.8 Å². The summed E-state index contributed by atoms with van der Waals surface area (Å²) in [4.78, 5) is 4.74. The van der Waals surface area contributed by atoms with Gasteiger partial charge >= 0.3 is 0 Å². The summed E-state index contributed by atoms with van der Waals surface area (Å²) in [7, 11) is 0. The highest BCUT2D eigenvalue weighted by Gasteiger charge is 2.35. The highest BCUT2D eigenvalue weighted by atomic mass is 32.2. The van der Waals surface area contributed by atoms with Crippen molar-refractivity contribution in [3.63, 3.8) is 0 Å². The first-order chi connectivity index (χ1) is 7.90. The SMILES string of the molecule is c1ccc2nc3c(cc2c1)C1CC(CO1)S3. The average Bonchev–Trinajstić information content (AvgIpc) is 2.71. The van der Waals surface area contributed by atoms with E-state index >= 15 is 0 Å². The lowest BCUT2D eigenvalue weighted by Gasteiger charge is -2.19. The molecule has 80 valence electrons. The van der Waals surface area contributed by atoms with Gasteiger partial charge in [0.25, 0.3) is 0 Å². The van der Waals surface area contributed by atoms with Crippen molar-refractivity contribution in [2.75, 3.05) is 6.61 Å². The molecule has 0 spiro atoms. The largest absolute Gasteiger partial charge is 0.372 e. The van der Waals surface area contributed by atoms with Crippen LogP contribution in [0.3, 0.4) is 0 Å². The monoisotopic (exact) mass is 229 g/mol. The fourth-order valence-corrected chi connectivity index (χ4v) is 3.71. The molecule has 2 aliphatic rings. The van der Waals surface area contributed by atoms with Crippen molar-refractivity contribution in [3.05, 3.63) is 35.9 Å². The standard InChI is InChI=1S/C13H11NOS/c1-2-4-11-8(3-1)5-10-12-6-9(7-15-12)16-13(10)14-11/h1-5,9,12H,6-7H2. The van der Waals surface area contributed by atoms with E-state index in [9.17, 15) is 0 Å². The number of para-hydroxylation sites is 1. The van der Waals surface area contributed by atoms with Gasteiger partial charge < -0.3 is 4.74 Å². The lowest BCUT2D eigenvalue weighted by molar-refractivity contribution is 0.111. The number of nitrogens with zero attached hydrogens (tertiary/aromatic N) is 1. The second kappa shape index (κ2) is 3.22. The molecule has 2 nitrogen and oxygen atoms in total. The number of aromatic nitrogens is 1. The van der Waals surface area contributed by atoms with Crippen molar-refractivity contribution in [2.24, 2.45) is 0 Å². The Labute approximate surface area is 98.0 Å². The molecule has 0 aliphatic carbocycles. The number of thioether (sulfide) groups is 1. The van der Waals surface area contributed by atoms with Gasteiger partial charge in [0.1, 0.15) is 5.03 Å². The molecule has 1 fully saturated rings. The van der Waals surface area contributed by atoms with E-state index in [1.165, 1.54) is 16.0 Å². The Balaban J connectivity index is 1.99. The predicted molar refractivity (Wildman–Crippen MR) is 64.7 cm³/mol. The normalized spacial score (nSPS) is 27.0. The van der Waals surface area contributed by atoms with E-state index < -0.39 is 0 Å². The van der Waals surface area contributed by atoms with E-state index in [0.717, 1.165) is 18.5 Å². The van der Waals surface area contributed by atoms with Crippen LogP contribution in [-0.2, 0) is 4.74 Å². The second-order valence-electron chi connectivity index (χ2n) is 4.37. The molecule has 2 unspecified atom stereocenters. The van der Waals surface area contributed by atoms with Crippen LogP contribution in [-0.4, -0.2) is 16.8 Å². The lowest BCUT2D eigenvalue weighted by Crippen LogP contribution is -2.08. The third-order valence-corrected chi connectivity index (χ3v) is 4.51. The van der Waals surface area contributed by atoms with Gasteiger partial charge in [-0.3, -0.25) is 0 Å². The third kappa shape index (κ3) is 1.22. The van der Waals surface area contributed by atoms with Crippen molar-refractivity contribution < 1.29 is 4.74 Å². The maximum absolute atomic E-state index is 5.79. The lowest BCUT2D eigenvalue weighted by atomic mass is 10.1. The molecule has 2 aromatic rings. The number of fused-ring (bicyclic) bond motifs is 5. The van der Waals surface area contributed by atoms with E-state index in [-0.39, 0.29) is 0 Å². The molecule has 0 radical (unpaired) electrons. The van der Waals surface area contributed by atoms with Gasteiger partial charge in [-0.1, -0.05) is 18.2 Å². The predicted octanol–water partition coefficient (Wildman–Crippen LogP) is 3.17. The first-order valence-corrected chi connectivity index (χ1v) is 6.46. The fraction of sp³-hybridized carbons (Fsp3) is 0.308. The van der Waals surface area contributed by atoms with Gasteiger partial charge in [-0.05, 0) is 18.6 Å². The summed E-state index contributed by atoms with van der Waals surface area (Å²) in [6, 6.07) is 10.5. The first kappa shape index (κ1) is 9.02. The van der Waals surface area contributed by atoms with Gasteiger partial charge in [0.15, 0.2) is 0 Å². The molecule has 2 aliphatic heterocycles. The zero-order valence-corrected chi connectivity index (χ0v) is 9.54. The van der Waals surface area contributed by atoms with Crippen molar-refractivity contribution in [2.45, 2.75) is 22.8 Å². The van der Waals surface area contributed by atoms with E-state index in [1.54, 1.807) is 0 Å². The minimum absolute atomic E-state index is 0.290. The molecule has 1 saturated heterocycles. The molecule has 16 heavy (non-hydrogen) atoms. The molecular formula is C13H11NOS. The Kier molecular flexibility index (Phi) is 1.81. The first-order valence-electron chi connectivity index (χ1n) is 5.58. The van der Waals surface area contributed by atoms with Gasteiger partial charge in [0.05, 0.1) is 18.2 Å². The number of rotatable bonds is 0. The molecular weight excluding hydrogens is 218 g/mol. The molecule has 2 atom stereocenters. The van der Waals surface area contributed by atoms with Gasteiger partial charge in [-0.15, -0.1) is 11.8 Å². The summed E-state index contributed by atoms with van der Waals surface area (Å²) < 4.78 is 5.79. The number of ether oxygens (including phenoxy) is 1. The summed E-state index contributed by atoms with van der Waals surface area (Å²) in [5.74, 6) is 0. The molecule has 0 N–H and O–H groups in total. The zero-order chi connectivity index (χ0) is 10.5. The Morgan fingerprint density at radius 1 is 1.31 bits per heavy atom. The number of hydrogen-bond acceptors (Lipinski definition) is 3. The van der Waals surface area contributed by atoms with Crippen LogP contribution in [0.2, 0.25) is 0 Å². The van der Waals surface area contributed by atoms with Crippen LogP contribution >= 0.6 is 11.8 Å². The van der Waals surface area contributed by atoms with E-state index in [0.29, 0.717) is 11.4 Å². The Morgan fingerprint density at radius 2 is 2.25 bits per heavy atom. The fourth-order valence-electron chi connectivity index (χ4n) is 2.49. The van der Waals surface area contributed by atoms with E-state index in [4.69, 9.17) is 9.72 Å². The van der Waals surface area contributed by atoms with Crippen molar-refractivity contribution in [1.29, 1.82) is 0 Å². The summed E-state index contributed by atoms with van der Waals surface area (Å²) >= 11 is 1.88. The highest BCUT2D eigenvalue weighted by molar-refractivity contribution is 8.00. The van der Waals surface area contributed by atoms with Crippen molar-refractivity contribution >= 4 is 22.7 Å². The maximum atomic E-state index is 5.79. The molecule has 4 rings (SSSR count). The third-order valence-electron chi connectivity index (χ3n) is 3.30. The zero-order valence-electron chi connectivity index (χ0n) is 8.72. The number of benzene rings is 1. The van der Waals surface area contributed by atoms with Crippen molar-refractivity contribution in [1.82, 2.24) is 4.98 Å². The molecule has 0 saturated carbocycles. The van der Waals surface area contributed by atoms with Crippen LogP contribution in [0.25, 0.3) is 10.9 Å². The molecule has 0 amide bonds. The minimum Gasteiger partial charge on any atom is -0.372 e. The average molecular weight is 229 g/mol. The summed E-state index contributed by atoms with van der Waals surface area (Å²) in [5.41, 5.74) is 2.38. The summed E-state index contributed by atoms with van der Waals surface area (Å²) in [6.45, 7) is 0.877. The van der Waals surface area contributed by atoms with Gasteiger partial charge in [-0.25, -0.2) is 4.98 Å². The van der Waals surface area contributed by atoms with Crippen molar-refractivity contribution in [3.8, 4) is 0 Å². The Bertz CT molecular complexity index is 569. The topological polar surface area (TPSA) is 22.1 Å².